The number of nitrogens with one attached hydrogen (secondary N) is 2. The maximum atomic E-state index is 11.8. The molecule has 0 aromatic heterocycles. The summed E-state index contributed by atoms with van der Waals surface area (Å²) in [6.07, 6.45) is 5.74. The van der Waals surface area contributed by atoms with E-state index in [1.54, 1.807) is 6.08 Å². The van der Waals surface area contributed by atoms with Crippen LogP contribution in [0.2, 0.25) is 0 Å². The minimum atomic E-state index is -0.287. The Bertz CT molecular complexity index is 284. The van der Waals surface area contributed by atoms with Crippen LogP contribution < -0.4 is 10.6 Å². The minimum Gasteiger partial charge on any atom is -0.394 e. The fraction of sp³-hybridized carbons (Fsp3) is 0.786. The molecule has 0 aliphatic heterocycles. The molecule has 0 radical (unpaired) electrons. The number of aliphatic hydroxyl groups excluding tert-OH is 1. The number of amides is 1. The first-order valence-electron chi connectivity index (χ1n) is 6.80. The van der Waals surface area contributed by atoms with Crippen molar-refractivity contribution >= 4 is 5.91 Å². The SMILES string of the molecule is C=CCNC(=O)C(C)NC1(CO)CCC(C)CC1. The van der Waals surface area contributed by atoms with Crippen molar-refractivity contribution in [1.29, 1.82) is 0 Å². The van der Waals surface area contributed by atoms with Crippen LogP contribution in [0.3, 0.4) is 0 Å². The highest BCUT2D eigenvalue weighted by Gasteiger charge is 2.35. The standard InChI is InChI=1S/C14H26N2O2/c1-4-9-15-13(18)12(3)16-14(10-17)7-5-11(2)6-8-14/h4,11-12,16-17H,1,5-10H2,2-3H3,(H,15,18). The van der Waals surface area contributed by atoms with Crippen LogP contribution in [0.5, 0.6) is 0 Å². The molecule has 0 spiro atoms. The summed E-state index contributed by atoms with van der Waals surface area (Å²) in [5.41, 5.74) is -0.280. The summed E-state index contributed by atoms with van der Waals surface area (Å²) in [5.74, 6) is 0.678. The molecule has 1 amide bonds. The number of aliphatic hydroxyl groups is 1. The number of carbonyl (C=O) groups is 1. The highest BCUT2D eigenvalue weighted by molar-refractivity contribution is 5.81. The molecule has 4 nitrogen and oxygen atoms in total. The monoisotopic (exact) mass is 254 g/mol. The molecule has 0 aromatic carbocycles. The van der Waals surface area contributed by atoms with Crippen LogP contribution in [-0.4, -0.2) is 35.7 Å². The Kier molecular flexibility index (Phi) is 5.82. The van der Waals surface area contributed by atoms with Gasteiger partial charge < -0.3 is 10.4 Å². The summed E-state index contributed by atoms with van der Waals surface area (Å²) in [4.78, 5) is 11.8. The first-order valence-corrected chi connectivity index (χ1v) is 6.80. The second-order valence-electron chi connectivity index (χ2n) is 5.52. The van der Waals surface area contributed by atoms with Crippen LogP contribution in [-0.2, 0) is 4.79 Å². The van der Waals surface area contributed by atoms with Gasteiger partial charge in [-0.2, -0.15) is 0 Å². The molecule has 0 saturated heterocycles. The van der Waals surface area contributed by atoms with Gasteiger partial charge in [0.15, 0.2) is 0 Å². The number of rotatable bonds is 6. The van der Waals surface area contributed by atoms with Gasteiger partial charge in [0.2, 0.25) is 5.91 Å². The maximum Gasteiger partial charge on any atom is 0.237 e. The molecule has 1 rings (SSSR count). The third-order valence-corrected chi connectivity index (χ3v) is 3.87. The molecule has 104 valence electrons. The molecule has 1 aliphatic carbocycles. The van der Waals surface area contributed by atoms with Crippen molar-refractivity contribution in [2.24, 2.45) is 5.92 Å². The van der Waals surface area contributed by atoms with Crippen LogP contribution in [0.15, 0.2) is 12.7 Å². The van der Waals surface area contributed by atoms with E-state index < -0.39 is 0 Å². The number of hydrogen-bond donors (Lipinski definition) is 3. The van der Waals surface area contributed by atoms with Gasteiger partial charge in [0, 0.05) is 12.1 Å². The lowest BCUT2D eigenvalue weighted by atomic mass is 9.77. The van der Waals surface area contributed by atoms with Gasteiger partial charge in [-0.05, 0) is 38.5 Å². The van der Waals surface area contributed by atoms with Gasteiger partial charge in [-0.3, -0.25) is 10.1 Å². The van der Waals surface area contributed by atoms with E-state index in [0.717, 1.165) is 31.6 Å². The van der Waals surface area contributed by atoms with Crippen molar-refractivity contribution in [1.82, 2.24) is 10.6 Å². The topological polar surface area (TPSA) is 61.4 Å². The van der Waals surface area contributed by atoms with Crippen molar-refractivity contribution in [3.8, 4) is 0 Å². The van der Waals surface area contributed by atoms with Gasteiger partial charge in [0.1, 0.15) is 0 Å². The summed E-state index contributed by atoms with van der Waals surface area (Å²) in [5, 5.41) is 15.7. The Morgan fingerprint density at radius 1 is 1.56 bits per heavy atom. The molecule has 18 heavy (non-hydrogen) atoms. The molecule has 1 fully saturated rings. The lowest BCUT2D eigenvalue weighted by Gasteiger charge is -2.40. The van der Waals surface area contributed by atoms with Gasteiger partial charge in [-0.1, -0.05) is 13.0 Å². The summed E-state index contributed by atoms with van der Waals surface area (Å²) < 4.78 is 0. The van der Waals surface area contributed by atoms with Crippen LogP contribution in [0.4, 0.5) is 0 Å². The fourth-order valence-electron chi connectivity index (χ4n) is 2.51. The van der Waals surface area contributed by atoms with E-state index in [1.807, 2.05) is 6.92 Å². The van der Waals surface area contributed by atoms with Crippen LogP contribution in [0, 0.1) is 5.92 Å². The summed E-state index contributed by atoms with van der Waals surface area (Å²) in [6, 6.07) is -0.287. The van der Waals surface area contributed by atoms with Crippen molar-refractivity contribution in [3.05, 3.63) is 12.7 Å². The number of hydrogen-bond acceptors (Lipinski definition) is 3. The van der Waals surface area contributed by atoms with Crippen LogP contribution in [0.1, 0.15) is 39.5 Å². The molecular weight excluding hydrogens is 228 g/mol. The largest absolute Gasteiger partial charge is 0.394 e. The second-order valence-corrected chi connectivity index (χ2v) is 5.52. The van der Waals surface area contributed by atoms with E-state index in [-0.39, 0.29) is 24.1 Å². The van der Waals surface area contributed by atoms with Crippen molar-refractivity contribution in [2.75, 3.05) is 13.2 Å². The Balaban J connectivity index is 2.51. The average Bonchev–Trinajstić information content (AvgIpc) is 2.38. The summed E-state index contributed by atoms with van der Waals surface area (Å²) in [6.45, 7) is 8.23. The van der Waals surface area contributed by atoms with E-state index in [2.05, 4.69) is 24.1 Å². The van der Waals surface area contributed by atoms with Crippen molar-refractivity contribution in [2.45, 2.75) is 51.1 Å². The van der Waals surface area contributed by atoms with E-state index >= 15 is 0 Å². The first kappa shape index (κ1) is 15.2. The predicted octanol–water partition coefficient (Wildman–Crippen LogP) is 1.21. The zero-order chi connectivity index (χ0) is 13.6. The van der Waals surface area contributed by atoms with E-state index in [0.29, 0.717) is 6.54 Å². The smallest absolute Gasteiger partial charge is 0.237 e. The molecule has 3 N–H and O–H groups in total. The van der Waals surface area contributed by atoms with E-state index in [4.69, 9.17) is 0 Å². The molecular formula is C14H26N2O2. The van der Waals surface area contributed by atoms with E-state index in [9.17, 15) is 9.90 Å². The summed E-state index contributed by atoms with van der Waals surface area (Å²) >= 11 is 0. The Morgan fingerprint density at radius 3 is 2.67 bits per heavy atom. The van der Waals surface area contributed by atoms with Gasteiger partial charge >= 0.3 is 0 Å². The van der Waals surface area contributed by atoms with Gasteiger partial charge in [0.05, 0.1) is 12.6 Å². The third kappa shape index (κ3) is 4.10. The minimum absolute atomic E-state index is 0.0404. The lowest BCUT2D eigenvalue weighted by Crippen LogP contribution is -2.57. The molecule has 1 aliphatic rings. The molecule has 0 heterocycles. The lowest BCUT2D eigenvalue weighted by molar-refractivity contribution is -0.123. The molecule has 0 bridgehead atoms. The predicted molar refractivity (Wildman–Crippen MR) is 73.3 cm³/mol. The molecule has 0 aromatic rings. The normalized spacial score (nSPS) is 29.6. The zero-order valence-corrected chi connectivity index (χ0v) is 11.5. The van der Waals surface area contributed by atoms with Gasteiger partial charge in [-0.25, -0.2) is 0 Å². The van der Waals surface area contributed by atoms with Crippen molar-refractivity contribution < 1.29 is 9.90 Å². The van der Waals surface area contributed by atoms with Gasteiger partial charge in [0.25, 0.3) is 0 Å². The molecule has 1 atom stereocenters. The van der Waals surface area contributed by atoms with E-state index in [1.165, 1.54) is 0 Å². The first-order chi connectivity index (χ1) is 8.53. The van der Waals surface area contributed by atoms with Crippen molar-refractivity contribution in [3.63, 3.8) is 0 Å². The Morgan fingerprint density at radius 2 is 2.17 bits per heavy atom. The highest BCUT2D eigenvalue weighted by atomic mass is 16.3. The van der Waals surface area contributed by atoms with Crippen LogP contribution >= 0.6 is 0 Å². The second kappa shape index (κ2) is 6.90. The third-order valence-electron chi connectivity index (χ3n) is 3.87. The highest BCUT2D eigenvalue weighted by Crippen LogP contribution is 2.31. The quantitative estimate of drug-likeness (QED) is 0.624. The maximum absolute atomic E-state index is 11.8. The Hall–Kier alpha value is -0.870. The molecule has 1 saturated carbocycles. The molecule has 4 heteroatoms. The Labute approximate surface area is 110 Å². The molecule has 1 unspecified atom stereocenters. The van der Waals surface area contributed by atoms with Gasteiger partial charge in [-0.15, -0.1) is 6.58 Å². The average molecular weight is 254 g/mol. The number of carbonyl (C=O) groups excluding carboxylic acids is 1. The fourth-order valence-corrected chi connectivity index (χ4v) is 2.51. The summed E-state index contributed by atoms with van der Waals surface area (Å²) in [7, 11) is 0. The zero-order valence-electron chi connectivity index (χ0n) is 11.5. The van der Waals surface area contributed by atoms with Crippen LogP contribution in [0.25, 0.3) is 0 Å².